The predicted octanol–water partition coefficient (Wildman–Crippen LogP) is 2.17. The lowest BCUT2D eigenvalue weighted by atomic mass is 10.3. The van der Waals surface area contributed by atoms with E-state index in [1.54, 1.807) is 34.3 Å². The van der Waals surface area contributed by atoms with Crippen LogP contribution in [0.2, 0.25) is 6.04 Å². The number of esters is 1. The summed E-state index contributed by atoms with van der Waals surface area (Å²) in [6, 6.07) is 0.734. The SMILES string of the molecule is CC=CC(=O)OCCCCOCCC[Si](OC)(OC)OC. The van der Waals surface area contributed by atoms with E-state index in [-0.39, 0.29) is 5.97 Å². The molecule has 124 valence electrons. The summed E-state index contributed by atoms with van der Waals surface area (Å²) in [5, 5.41) is 0. The first kappa shape index (κ1) is 20.3. The second kappa shape index (κ2) is 13.0. The minimum Gasteiger partial charge on any atom is -0.463 e. The van der Waals surface area contributed by atoms with Gasteiger partial charge < -0.3 is 22.8 Å². The van der Waals surface area contributed by atoms with Crippen molar-refractivity contribution >= 4 is 14.8 Å². The second-order valence-corrected chi connectivity index (χ2v) is 7.48. The van der Waals surface area contributed by atoms with E-state index >= 15 is 0 Å². The highest BCUT2D eigenvalue weighted by molar-refractivity contribution is 6.60. The fraction of sp³-hybridized carbons (Fsp3) is 0.786. The lowest BCUT2D eigenvalue weighted by molar-refractivity contribution is -0.137. The van der Waals surface area contributed by atoms with Crippen molar-refractivity contribution in [2.45, 2.75) is 32.2 Å². The van der Waals surface area contributed by atoms with Crippen LogP contribution in [0.15, 0.2) is 12.2 Å². The molecule has 0 aromatic carbocycles. The number of unbranched alkanes of at least 4 members (excludes halogenated alkanes) is 1. The summed E-state index contributed by atoms with van der Waals surface area (Å²) in [6.07, 6.45) is 5.57. The van der Waals surface area contributed by atoms with Crippen molar-refractivity contribution in [1.29, 1.82) is 0 Å². The van der Waals surface area contributed by atoms with Gasteiger partial charge in [-0.1, -0.05) is 6.08 Å². The Balaban J connectivity index is 3.46. The maximum Gasteiger partial charge on any atom is 0.500 e. The molecule has 0 amide bonds. The molecule has 0 N–H and O–H groups in total. The van der Waals surface area contributed by atoms with Crippen molar-refractivity contribution in [2.75, 3.05) is 41.2 Å². The van der Waals surface area contributed by atoms with E-state index in [9.17, 15) is 4.79 Å². The van der Waals surface area contributed by atoms with Crippen molar-refractivity contribution < 1.29 is 27.5 Å². The molecule has 0 unspecified atom stereocenters. The van der Waals surface area contributed by atoms with Gasteiger partial charge in [0.05, 0.1) is 6.61 Å². The van der Waals surface area contributed by atoms with E-state index in [0.29, 0.717) is 19.8 Å². The van der Waals surface area contributed by atoms with Gasteiger partial charge in [0.25, 0.3) is 0 Å². The Morgan fingerprint density at radius 1 is 0.952 bits per heavy atom. The zero-order valence-electron chi connectivity index (χ0n) is 13.6. The Labute approximate surface area is 128 Å². The van der Waals surface area contributed by atoms with Crippen molar-refractivity contribution in [1.82, 2.24) is 0 Å². The van der Waals surface area contributed by atoms with E-state index in [4.69, 9.17) is 22.8 Å². The second-order valence-electron chi connectivity index (χ2n) is 4.39. The first-order chi connectivity index (χ1) is 10.1. The molecule has 0 saturated heterocycles. The highest BCUT2D eigenvalue weighted by atomic mass is 28.4. The third-order valence-corrected chi connectivity index (χ3v) is 5.77. The molecule has 7 heteroatoms. The molecule has 0 aliphatic rings. The summed E-state index contributed by atoms with van der Waals surface area (Å²) < 4.78 is 26.5. The van der Waals surface area contributed by atoms with Crippen molar-refractivity contribution in [3.05, 3.63) is 12.2 Å². The topological polar surface area (TPSA) is 63.2 Å². The fourth-order valence-corrected chi connectivity index (χ4v) is 3.40. The molecule has 0 aromatic heterocycles. The maximum absolute atomic E-state index is 11.0. The number of hydrogen-bond acceptors (Lipinski definition) is 6. The van der Waals surface area contributed by atoms with E-state index in [2.05, 4.69) is 0 Å². The summed E-state index contributed by atoms with van der Waals surface area (Å²) in [6.45, 7) is 3.51. The van der Waals surface area contributed by atoms with Gasteiger partial charge in [-0.3, -0.25) is 0 Å². The Morgan fingerprint density at radius 3 is 2.10 bits per heavy atom. The summed E-state index contributed by atoms with van der Waals surface area (Å²) in [7, 11) is 2.36. The molecule has 0 rings (SSSR count). The quantitative estimate of drug-likeness (QED) is 0.224. The molecule has 21 heavy (non-hydrogen) atoms. The number of hydrogen-bond donors (Lipinski definition) is 0. The zero-order chi connectivity index (χ0) is 16.0. The molecular weight excluding hydrogens is 292 g/mol. The highest BCUT2D eigenvalue weighted by Gasteiger charge is 2.36. The standard InChI is InChI=1S/C14H28O6Si/c1-5-9-14(15)20-12-7-6-10-19-11-8-13-21(16-2,17-3)18-4/h5,9H,6-8,10-13H2,1-4H3. The molecule has 0 spiro atoms. The predicted molar refractivity (Wildman–Crippen MR) is 82.0 cm³/mol. The van der Waals surface area contributed by atoms with Gasteiger partial charge in [-0.15, -0.1) is 0 Å². The molecular formula is C14H28O6Si. The number of carbonyl (C=O) groups is 1. The summed E-state index contributed by atoms with van der Waals surface area (Å²) in [5.41, 5.74) is 0. The van der Waals surface area contributed by atoms with Gasteiger partial charge in [-0.2, -0.15) is 0 Å². The number of ether oxygens (including phenoxy) is 2. The average Bonchev–Trinajstić information content (AvgIpc) is 2.50. The molecule has 0 aliphatic carbocycles. The Kier molecular flexibility index (Phi) is 12.5. The summed E-state index contributed by atoms with van der Waals surface area (Å²) in [4.78, 5) is 11.0. The van der Waals surface area contributed by atoms with E-state index in [1.807, 2.05) is 0 Å². The minimum absolute atomic E-state index is 0.293. The van der Waals surface area contributed by atoms with Crippen LogP contribution in [0.3, 0.4) is 0 Å². The van der Waals surface area contributed by atoms with Crippen LogP contribution in [0.4, 0.5) is 0 Å². The maximum atomic E-state index is 11.0. The third-order valence-electron chi connectivity index (χ3n) is 2.93. The third kappa shape index (κ3) is 9.75. The van der Waals surface area contributed by atoms with Crippen LogP contribution in [0.1, 0.15) is 26.2 Å². The van der Waals surface area contributed by atoms with E-state index in [1.165, 1.54) is 6.08 Å². The molecule has 0 aromatic rings. The normalized spacial score (nSPS) is 12.0. The van der Waals surface area contributed by atoms with Crippen molar-refractivity contribution in [3.8, 4) is 0 Å². The molecule has 0 saturated carbocycles. The van der Waals surface area contributed by atoms with Gasteiger partial charge in [0.1, 0.15) is 0 Å². The van der Waals surface area contributed by atoms with Gasteiger partial charge in [0, 0.05) is 46.7 Å². The van der Waals surface area contributed by atoms with E-state index in [0.717, 1.165) is 25.3 Å². The Hall–Kier alpha value is -0.733. The zero-order valence-corrected chi connectivity index (χ0v) is 14.6. The van der Waals surface area contributed by atoms with Crippen molar-refractivity contribution in [2.24, 2.45) is 0 Å². The Bertz CT molecular complexity index is 283. The van der Waals surface area contributed by atoms with Gasteiger partial charge in [0.15, 0.2) is 0 Å². The highest BCUT2D eigenvalue weighted by Crippen LogP contribution is 2.14. The first-order valence-corrected chi connectivity index (χ1v) is 9.10. The van der Waals surface area contributed by atoms with Gasteiger partial charge in [0.2, 0.25) is 0 Å². The first-order valence-electron chi connectivity index (χ1n) is 7.16. The van der Waals surface area contributed by atoms with Crippen LogP contribution in [0.25, 0.3) is 0 Å². The van der Waals surface area contributed by atoms with Gasteiger partial charge >= 0.3 is 14.8 Å². The van der Waals surface area contributed by atoms with Gasteiger partial charge in [-0.05, 0) is 26.2 Å². The van der Waals surface area contributed by atoms with Crippen LogP contribution >= 0.6 is 0 Å². The molecule has 0 heterocycles. The lowest BCUT2D eigenvalue weighted by Gasteiger charge is -2.24. The molecule has 0 fully saturated rings. The molecule has 0 bridgehead atoms. The van der Waals surface area contributed by atoms with E-state index < -0.39 is 8.80 Å². The van der Waals surface area contributed by atoms with Crippen molar-refractivity contribution in [3.63, 3.8) is 0 Å². The molecule has 6 nitrogen and oxygen atoms in total. The minimum atomic E-state index is -2.46. The number of carbonyl (C=O) groups excluding carboxylic acids is 1. The summed E-state index contributed by atoms with van der Waals surface area (Å²) in [5.74, 6) is -0.293. The smallest absolute Gasteiger partial charge is 0.463 e. The summed E-state index contributed by atoms with van der Waals surface area (Å²) >= 11 is 0. The van der Waals surface area contributed by atoms with Crippen LogP contribution in [0, 0.1) is 0 Å². The fourth-order valence-electron chi connectivity index (χ4n) is 1.71. The van der Waals surface area contributed by atoms with Crippen LogP contribution in [-0.2, 0) is 27.5 Å². The average molecular weight is 320 g/mol. The molecule has 0 aliphatic heterocycles. The van der Waals surface area contributed by atoms with Crippen LogP contribution in [-0.4, -0.2) is 55.9 Å². The van der Waals surface area contributed by atoms with Crippen LogP contribution in [0.5, 0.6) is 0 Å². The number of allylic oxidation sites excluding steroid dienone is 1. The molecule has 0 radical (unpaired) electrons. The largest absolute Gasteiger partial charge is 0.500 e. The monoisotopic (exact) mass is 320 g/mol. The number of rotatable bonds is 13. The van der Waals surface area contributed by atoms with Gasteiger partial charge in [-0.25, -0.2) is 4.79 Å². The van der Waals surface area contributed by atoms with Crippen LogP contribution < -0.4 is 0 Å². The lowest BCUT2D eigenvalue weighted by Crippen LogP contribution is -2.42. The molecule has 0 atom stereocenters. The Morgan fingerprint density at radius 2 is 1.52 bits per heavy atom.